The quantitative estimate of drug-likeness (QED) is 0.874. The van der Waals surface area contributed by atoms with Crippen molar-refractivity contribution in [2.75, 3.05) is 5.32 Å². The highest BCUT2D eigenvalue weighted by Crippen LogP contribution is 2.16. The Hall–Kier alpha value is -2.00. The lowest BCUT2D eigenvalue weighted by Gasteiger charge is -2.15. The highest BCUT2D eigenvalue weighted by molar-refractivity contribution is 6.31. The van der Waals surface area contributed by atoms with Crippen LogP contribution < -0.4 is 10.6 Å². The van der Waals surface area contributed by atoms with Crippen molar-refractivity contribution in [1.82, 2.24) is 5.32 Å². The maximum absolute atomic E-state index is 11.8. The lowest BCUT2D eigenvalue weighted by molar-refractivity contribution is 0.249. The van der Waals surface area contributed by atoms with Crippen LogP contribution in [0.1, 0.15) is 12.5 Å². The molecule has 2 aromatic carbocycles. The topological polar surface area (TPSA) is 41.1 Å². The molecule has 0 fully saturated rings. The molecule has 0 spiro atoms. The van der Waals surface area contributed by atoms with Crippen LogP contribution >= 0.6 is 11.6 Å². The second kappa shape index (κ2) is 6.96. The van der Waals surface area contributed by atoms with Crippen LogP contribution in [-0.4, -0.2) is 12.1 Å². The highest BCUT2D eigenvalue weighted by Gasteiger charge is 2.09. The number of anilines is 1. The first-order valence-corrected chi connectivity index (χ1v) is 6.89. The minimum Gasteiger partial charge on any atom is -0.335 e. The Kier molecular flexibility index (Phi) is 5.02. The summed E-state index contributed by atoms with van der Waals surface area (Å²) < 4.78 is 0. The van der Waals surface area contributed by atoms with Crippen molar-refractivity contribution in [3.05, 3.63) is 65.2 Å². The molecule has 20 heavy (non-hydrogen) atoms. The Morgan fingerprint density at radius 2 is 1.75 bits per heavy atom. The molecule has 1 atom stereocenters. The zero-order chi connectivity index (χ0) is 14.4. The molecule has 1 unspecified atom stereocenters. The fourth-order valence-electron chi connectivity index (χ4n) is 1.96. The number of urea groups is 1. The lowest BCUT2D eigenvalue weighted by atomic mass is 10.1. The summed E-state index contributed by atoms with van der Waals surface area (Å²) in [6.45, 7) is 1.95. The number of amides is 2. The number of hydrogen-bond acceptors (Lipinski definition) is 1. The van der Waals surface area contributed by atoms with Crippen LogP contribution in [0.15, 0.2) is 54.6 Å². The van der Waals surface area contributed by atoms with E-state index in [-0.39, 0.29) is 12.1 Å². The molecule has 2 aromatic rings. The molecule has 2 amide bonds. The molecule has 104 valence electrons. The van der Waals surface area contributed by atoms with Gasteiger partial charge in [0.2, 0.25) is 0 Å². The smallest absolute Gasteiger partial charge is 0.319 e. The molecule has 0 radical (unpaired) electrons. The molecular formula is C16H17ClN2O. The van der Waals surface area contributed by atoms with Gasteiger partial charge in [0.25, 0.3) is 0 Å². The van der Waals surface area contributed by atoms with Gasteiger partial charge in [-0.1, -0.05) is 48.0 Å². The van der Waals surface area contributed by atoms with Crippen LogP contribution in [0.25, 0.3) is 0 Å². The maximum Gasteiger partial charge on any atom is 0.319 e. The average Bonchev–Trinajstić information content (AvgIpc) is 2.42. The summed E-state index contributed by atoms with van der Waals surface area (Å²) in [4.78, 5) is 11.8. The summed E-state index contributed by atoms with van der Waals surface area (Å²) in [5.41, 5.74) is 1.80. The number of halogens is 1. The van der Waals surface area contributed by atoms with Crippen LogP contribution in [0.2, 0.25) is 5.02 Å². The van der Waals surface area contributed by atoms with E-state index in [1.807, 2.05) is 61.5 Å². The van der Waals surface area contributed by atoms with E-state index < -0.39 is 0 Å². The molecule has 0 saturated heterocycles. The van der Waals surface area contributed by atoms with E-state index in [0.717, 1.165) is 16.3 Å². The number of nitrogens with one attached hydrogen (secondary N) is 2. The van der Waals surface area contributed by atoms with Crippen molar-refractivity contribution in [3.63, 3.8) is 0 Å². The molecule has 0 aliphatic heterocycles. The van der Waals surface area contributed by atoms with Crippen molar-refractivity contribution in [2.45, 2.75) is 19.4 Å². The Labute approximate surface area is 124 Å². The first-order chi connectivity index (χ1) is 9.65. The SMILES string of the molecule is CC(Cc1ccccc1Cl)NC(=O)Nc1ccccc1. The van der Waals surface area contributed by atoms with Gasteiger partial charge in [0.05, 0.1) is 0 Å². The summed E-state index contributed by atoms with van der Waals surface area (Å²) in [7, 11) is 0. The second-order valence-electron chi connectivity index (χ2n) is 4.66. The number of hydrogen-bond donors (Lipinski definition) is 2. The number of carbonyl (C=O) groups is 1. The Balaban J connectivity index is 1.87. The van der Waals surface area contributed by atoms with E-state index in [1.165, 1.54) is 0 Å². The van der Waals surface area contributed by atoms with Crippen LogP contribution in [0.4, 0.5) is 10.5 Å². The fraction of sp³-hybridized carbons (Fsp3) is 0.188. The second-order valence-corrected chi connectivity index (χ2v) is 5.07. The average molecular weight is 289 g/mol. The predicted octanol–water partition coefficient (Wildman–Crippen LogP) is 4.09. The predicted molar refractivity (Wildman–Crippen MR) is 83.2 cm³/mol. The Morgan fingerprint density at radius 1 is 1.10 bits per heavy atom. The monoisotopic (exact) mass is 288 g/mol. The van der Waals surface area contributed by atoms with Gasteiger partial charge in [-0.05, 0) is 37.1 Å². The molecule has 0 aromatic heterocycles. The van der Waals surface area contributed by atoms with Gasteiger partial charge in [0.1, 0.15) is 0 Å². The van der Waals surface area contributed by atoms with Gasteiger partial charge < -0.3 is 10.6 Å². The minimum absolute atomic E-state index is 0.00128. The van der Waals surface area contributed by atoms with Crippen molar-refractivity contribution in [1.29, 1.82) is 0 Å². The standard InChI is InChI=1S/C16H17ClN2O/c1-12(11-13-7-5-6-10-15(13)17)18-16(20)19-14-8-3-2-4-9-14/h2-10,12H,11H2,1H3,(H2,18,19,20). The fourth-order valence-corrected chi connectivity index (χ4v) is 2.17. The number of rotatable bonds is 4. The van der Waals surface area contributed by atoms with Gasteiger partial charge in [0.15, 0.2) is 0 Å². The van der Waals surface area contributed by atoms with Crippen LogP contribution in [0, 0.1) is 0 Å². The third kappa shape index (κ3) is 4.28. The Bertz CT molecular complexity index is 572. The van der Waals surface area contributed by atoms with E-state index in [1.54, 1.807) is 0 Å². The van der Waals surface area contributed by atoms with Crippen molar-refractivity contribution >= 4 is 23.3 Å². The third-order valence-electron chi connectivity index (χ3n) is 2.89. The molecule has 2 rings (SSSR count). The lowest BCUT2D eigenvalue weighted by Crippen LogP contribution is -2.37. The first-order valence-electron chi connectivity index (χ1n) is 6.51. The summed E-state index contributed by atoms with van der Waals surface area (Å²) in [6.07, 6.45) is 0.696. The number of para-hydroxylation sites is 1. The summed E-state index contributed by atoms with van der Waals surface area (Å²) in [6, 6.07) is 16.8. The first kappa shape index (κ1) is 14.4. The zero-order valence-corrected chi connectivity index (χ0v) is 12.0. The summed E-state index contributed by atoms with van der Waals surface area (Å²) in [5.74, 6) is 0. The van der Waals surface area contributed by atoms with Crippen LogP contribution in [0.5, 0.6) is 0 Å². The largest absolute Gasteiger partial charge is 0.335 e. The van der Waals surface area contributed by atoms with E-state index in [4.69, 9.17) is 11.6 Å². The van der Waals surface area contributed by atoms with Crippen molar-refractivity contribution in [2.24, 2.45) is 0 Å². The van der Waals surface area contributed by atoms with Gasteiger partial charge in [-0.2, -0.15) is 0 Å². The number of benzene rings is 2. The van der Waals surface area contributed by atoms with Crippen LogP contribution in [-0.2, 0) is 6.42 Å². The van der Waals surface area contributed by atoms with Gasteiger partial charge in [-0.3, -0.25) is 0 Å². The molecule has 0 bridgehead atoms. The van der Waals surface area contributed by atoms with E-state index in [2.05, 4.69) is 10.6 Å². The summed E-state index contributed by atoms with van der Waals surface area (Å²) in [5, 5.41) is 6.41. The zero-order valence-electron chi connectivity index (χ0n) is 11.3. The normalized spacial score (nSPS) is 11.7. The van der Waals surface area contributed by atoms with Crippen LogP contribution in [0.3, 0.4) is 0 Å². The summed E-state index contributed by atoms with van der Waals surface area (Å²) >= 11 is 6.11. The maximum atomic E-state index is 11.8. The molecule has 4 heteroatoms. The molecule has 0 aliphatic rings. The molecule has 3 nitrogen and oxygen atoms in total. The van der Waals surface area contributed by atoms with Gasteiger partial charge in [-0.25, -0.2) is 4.79 Å². The molecule has 0 heterocycles. The highest BCUT2D eigenvalue weighted by atomic mass is 35.5. The molecule has 0 saturated carbocycles. The van der Waals surface area contributed by atoms with Crippen molar-refractivity contribution < 1.29 is 4.79 Å². The van der Waals surface area contributed by atoms with E-state index in [0.29, 0.717) is 6.42 Å². The van der Waals surface area contributed by atoms with E-state index in [9.17, 15) is 4.79 Å². The van der Waals surface area contributed by atoms with Gasteiger partial charge in [-0.15, -0.1) is 0 Å². The van der Waals surface area contributed by atoms with Crippen molar-refractivity contribution in [3.8, 4) is 0 Å². The number of carbonyl (C=O) groups excluding carboxylic acids is 1. The Morgan fingerprint density at radius 3 is 2.45 bits per heavy atom. The van der Waals surface area contributed by atoms with E-state index >= 15 is 0 Å². The minimum atomic E-state index is -0.212. The third-order valence-corrected chi connectivity index (χ3v) is 3.26. The molecular weight excluding hydrogens is 272 g/mol. The molecule has 2 N–H and O–H groups in total. The van der Waals surface area contributed by atoms with Gasteiger partial charge >= 0.3 is 6.03 Å². The molecule has 0 aliphatic carbocycles. The van der Waals surface area contributed by atoms with Gasteiger partial charge in [0, 0.05) is 16.8 Å².